The van der Waals surface area contributed by atoms with Crippen molar-refractivity contribution in [1.82, 2.24) is 0 Å². The van der Waals surface area contributed by atoms with Gasteiger partial charge >= 0.3 is 0 Å². The van der Waals surface area contributed by atoms with Gasteiger partial charge < -0.3 is 10.1 Å². The van der Waals surface area contributed by atoms with Crippen LogP contribution >= 0.6 is 23.2 Å². The molecule has 0 unspecified atom stereocenters. The van der Waals surface area contributed by atoms with Gasteiger partial charge in [-0.1, -0.05) is 35.3 Å². The fraction of sp³-hybridized carbons (Fsp3) is 0.0588. The van der Waals surface area contributed by atoms with E-state index in [1.165, 1.54) is 19.2 Å². The van der Waals surface area contributed by atoms with Crippen molar-refractivity contribution >= 4 is 46.4 Å². The summed E-state index contributed by atoms with van der Waals surface area (Å²) in [7, 11) is 1.48. The third-order valence-electron chi connectivity index (χ3n) is 3.56. The van der Waals surface area contributed by atoms with Crippen molar-refractivity contribution < 1.29 is 18.7 Å². The third kappa shape index (κ3) is 3.06. The van der Waals surface area contributed by atoms with Crippen molar-refractivity contribution in [3.63, 3.8) is 0 Å². The van der Waals surface area contributed by atoms with Gasteiger partial charge in [0, 0.05) is 0 Å². The number of nitrogens with zero attached hydrogens (tertiary/aromatic N) is 1. The molecule has 0 aromatic heterocycles. The molecule has 0 saturated carbocycles. The first-order valence-corrected chi connectivity index (χ1v) is 7.83. The lowest BCUT2D eigenvalue weighted by atomic mass is 10.2. The van der Waals surface area contributed by atoms with E-state index in [0.29, 0.717) is 11.4 Å². The van der Waals surface area contributed by atoms with E-state index in [9.17, 15) is 14.0 Å². The SMILES string of the molecule is COc1ccccc1NC1=C(Cl)C(=O)N(c2ccc(F)c(Cl)c2)C1=O. The van der Waals surface area contributed by atoms with Crippen LogP contribution in [0.3, 0.4) is 0 Å². The molecule has 2 aromatic rings. The Balaban J connectivity index is 1.95. The minimum Gasteiger partial charge on any atom is -0.495 e. The summed E-state index contributed by atoms with van der Waals surface area (Å²) < 4.78 is 18.5. The molecule has 0 bridgehead atoms. The van der Waals surface area contributed by atoms with Crippen molar-refractivity contribution in [2.45, 2.75) is 0 Å². The highest BCUT2D eigenvalue weighted by Gasteiger charge is 2.39. The number of methoxy groups -OCH3 is 1. The Morgan fingerprint density at radius 2 is 1.80 bits per heavy atom. The maximum absolute atomic E-state index is 13.3. The Kier molecular flexibility index (Phi) is 4.65. The second-order valence-corrected chi connectivity index (χ2v) is 5.84. The summed E-state index contributed by atoms with van der Waals surface area (Å²) in [4.78, 5) is 25.8. The summed E-state index contributed by atoms with van der Waals surface area (Å²) in [6.07, 6.45) is 0. The first-order chi connectivity index (χ1) is 11.9. The van der Waals surface area contributed by atoms with Crippen LogP contribution in [0.1, 0.15) is 0 Å². The average molecular weight is 381 g/mol. The van der Waals surface area contributed by atoms with Gasteiger partial charge in [0.05, 0.1) is 23.5 Å². The molecule has 3 rings (SSSR count). The topological polar surface area (TPSA) is 58.6 Å². The van der Waals surface area contributed by atoms with Crippen LogP contribution in [-0.2, 0) is 9.59 Å². The molecule has 1 aliphatic heterocycles. The van der Waals surface area contributed by atoms with E-state index in [0.717, 1.165) is 11.0 Å². The molecule has 0 fully saturated rings. The molecule has 5 nitrogen and oxygen atoms in total. The van der Waals surface area contributed by atoms with Crippen LogP contribution in [0.25, 0.3) is 0 Å². The fourth-order valence-corrected chi connectivity index (χ4v) is 2.74. The molecule has 1 heterocycles. The summed E-state index contributed by atoms with van der Waals surface area (Å²) in [5, 5.41) is 2.33. The quantitative estimate of drug-likeness (QED) is 0.816. The standard InChI is InChI=1S/C17H11Cl2FN2O3/c1-25-13-5-3-2-4-12(13)21-15-14(19)16(23)22(17(15)24)9-6-7-11(20)10(18)8-9/h2-8,21H,1H3. The second kappa shape index (κ2) is 6.74. The van der Waals surface area contributed by atoms with Crippen LogP contribution < -0.4 is 15.0 Å². The predicted octanol–water partition coefficient (Wildman–Crippen LogP) is 3.92. The molecule has 8 heteroatoms. The van der Waals surface area contributed by atoms with Gasteiger partial charge in [-0.05, 0) is 30.3 Å². The molecular formula is C17H11Cl2FN2O3. The minimum atomic E-state index is -0.730. The molecule has 0 saturated heterocycles. The van der Waals surface area contributed by atoms with Crippen molar-refractivity contribution in [2.24, 2.45) is 0 Å². The van der Waals surface area contributed by atoms with Crippen molar-refractivity contribution in [2.75, 3.05) is 17.3 Å². The van der Waals surface area contributed by atoms with Crippen LogP contribution in [0.15, 0.2) is 53.2 Å². The lowest BCUT2D eigenvalue weighted by Crippen LogP contribution is -2.32. The maximum Gasteiger partial charge on any atom is 0.283 e. The average Bonchev–Trinajstić information content (AvgIpc) is 2.81. The lowest BCUT2D eigenvalue weighted by molar-refractivity contribution is -0.120. The molecule has 25 heavy (non-hydrogen) atoms. The van der Waals surface area contributed by atoms with Gasteiger partial charge in [-0.3, -0.25) is 9.59 Å². The zero-order chi connectivity index (χ0) is 18.1. The van der Waals surface area contributed by atoms with Gasteiger partial charge in [0.15, 0.2) is 0 Å². The van der Waals surface area contributed by atoms with E-state index in [2.05, 4.69) is 5.32 Å². The summed E-state index contributed by atoms with van der Waals surface area (Å²) in [5.74, 6) is -1.59. The van der Waals surface area contributed by atoms with Crippen molar-refractivity contribution in [1.29, 1.82) is 0 Å². The number of hydrogen-bond acceptors (Lipinski definition) is 4. The first kappa shape index (κ1) is 17.3. The summed E-state index contributed by atoms with van der Waals surface area (Å²) in [6, 6.07) is 10.4. The number of nitrogens with one attached hydrogen (secondary N) is 1. The number of anilines is 2. The normalized spacial score (nSPS) is 14.3. The number of para-hydroxylation sites is 2. The van der Waals surface area contributed by atoms with Gasteiger partial charge in [0.2, 0.25) is 0 Å². The fourth-order valence-electron chi connectivity index (χ4n) is 2.35. The molecule has 0 radical (unpaired) electrons. The van der Waals surface area contributed by atoms with E-state index in [1.54, 1.807) is 24.3 Å². The lowest BCUT2D eigenvalue weighted by Gasteiger charge is -2.16. The molecule has 2 aromatic carbocycles. The van der Waals surface area contributed by atoms with Gasteiger partial charge in [-0.15, -0.1) is 0 Å². The first-order valence-electron chi connectivity index (χ1n) is 7.07. The number of amides is 2. The van der Waals surface area contributed by atoms with Gasteiger partial charge in [-0.2, -0.15) is 0 Å². The predicted molar refractivity (Wildman–Crippen MR) is 93.4 cm³/mol. The molecule has 128 valence electrons. The number of halogens is 3. The maximum atomic E-state index is 13.3. The van der Waals surface area contributed by atoms with Crippen LogP contribution in [0.2, 0.25) is 5.02 Å². The Bertz CT molecular complexity index is 915. The van der Waals surface area contributed by atoms with E-state index in [-0.39, 0.29) is 21.4 Å². The van der Waals surface area contributed by atoms with Crippen LogP contribution in [-0.4, -0.2) is 18.9 Å². The highest BCUT2D eigenvalue weighted by molar-refractivity contribution is 6.53. The monoisotopic (exact) mass is 380 g/mol. The van der Waals surface area contributed by atoms with E-state index < -0.39 is 17.6 Å². The second-order valence-electron chi connectivity index (χ2n) is 5.06. The highest BCUT2D eigenvalue weighted by Crippen LogP contribution is 2.33. The summed E-state index contributed by atoms with van der Waals surface area (Å²) >= 11 is 11.8. The smallest absolute Gasteiger partial charge is 0.283 e. The highest BCUT2D eigenvalue weighted by atomic mass is 35.5. The van der Waals surface area contributed by atoms with Crippen LogP contribution in [0.4, 0.5) is 15.8 Å². The Labute approximate surface area is 152 Å². The number of carbonyl (C=O) groups is 2. The summed E-state index contributed by atoms with van der Waals surface area (Å²) in [5.41, 5.74) is 0.492. The van der Waals surface area contributed by atoms with Crippen LogP contribution in [0.5, 0.6) is 5.75 Å². The number of benzene rings is 2. The van der Waals surface area contributed by atoms with Crippen molar-refractivity contribution in [3.8, 4) is 5.75 Å². The van der Waals surface area contributed by atoms with Crippen molar-refractivity contribution in [3.05, 3.63) is 64.0 Å². The van der Waals surface area contributed by atoms with E-state index >= 15 is 0 Å². The molecule has 0 spiro atoms. The molecule has 1 N–H and O–H groups in total. The Hall–Kier alpha value is -2.57. The number of ether oxygens (including phenoxy) is 1. The van der Waals surface area contributed by atoms with Crippen LogP contribution in [0, 0.1) is 5.82 Å². The van der Waals surface area contributed by atoms with Gasteiger partial charge in [0.1, 0.15) is 22.3 Å². The minimum absolute atomic E-state index is 0.100. The number of hydrogen-bond donors (Lipinski definition) is 1. The number of rotatable bonds is 4. The Morgan fingerprint density at radius 1 is 1.08 bits per heavy atom. The van der Waals surface area contributed by atoms with E-state index in [4.69, 9.17) is 27.9 Å². The summed E-state index contributed by atoms with van der Waals surface area (Å²) in [6.45, 7) is 0. The molecule has 0 aliphatic carbocycles. The number of imide groups is 1. The zero-order valence-corrected chi connectivity index (χ0v) is 14.4. The van der Waals surface area contributed by atoms with Gasteiger partial charge in [-0.25, -0.2) is 9.29 Å². The molecular weight excluding hydrogens is 370 g/mol. The zero-order valence-electron chi connectivity index (χ0n) is 12.8. The van der Waals surface area contributed by atoms with E-state index in [1.807, 2.05) is 0 Å². The van der Waals surface area contributed by atoms with Gasteiger partial charge in [0.25, 0.3) is 11.8 Å². The molecule has 2 amide bonds. The third-order valence-corrected chi connectivity index (χ3v) is 4.20. The Morgan fingerprint density at radius 3 is 2.48 bits per heavy atom. The molecule has 1 aliphatic rings. The molecule has 0 atom stereocenters. The number of carbonyl (C=O) groups excluding carboxylic acids is 2. The largest absolute Gasteiger partial charge is 0.495 e.